The third-order valence-corrected chi connectivity index (χ3v) is 3.91. The number of aromatic nitrogens is 3. The third-order valence-electron chi connectivity index (χ3n) is 3.91. The number of methoxy groups -OCH3 is 1. The smallest absolute Gasteiger partial charge is 0.411 e. The van der Waals surface area contributed by atoms with Gasteiger partial charge >= 0.3 is 6.09 Å². The number of benzene rings is 2. The summed E-state index contributed by atoms with van der Waals surface area (Å²) in [5.41, 5.74) is 3.66. The molecular weight excluding hydrogens is 334 g/mol. The maximum absolute atomic E-state index is 12.3. The highest BCUT2D eigenvalue weighted by atomic mass is 16.5. The van der Waals surface area contributed by atoms with Crippen LogP contribution in [0.2, 0.25) is 0 Å². The molecule has 8 nitrogen and oxygen atoms in total. The third kappa shape index (κ3) is 3.80. The van der Waals surface area contributed by atoms with Crippen LogP contribution in [0.25, 0.3) is 11.0 Å². The van der Waals surface area contributed by atoms with E-state index in [2.05, 4.69) is 25.7 Å². The number of carbonyl (C=O) groups excluding carboxylic acids is 2. The van der Waals surface area contributed by atoms with Crippen molar-refractivity contribution in [3.63, 3.8) is 0 Å². The topological polar surface area (TPSA) is 98.1 Å². The van der Waals surface area contributed by atoms with Gasteiger partial charge in [0.25, 0.3) is 5.91 Å². The van der Waals surface area contributed by atoms with Crippen LogP contribution in [0.15, 0.2) is 42.5 Å². The molecule has 0 aliphatic rings. The van der Waals surface area contributed by atoms with Crippen LogP contribution in [0.4, 0.5) is 10.5 Å². The summed E-state index contributed by atoms with van der Waals surface area (Å²) in [5.74, 6) is -0.185. The van der Waals surface area contributed by atoms with Gasteiger partial charge in [0.2, 0.25) is 0 Å². The molecule has 0 spiro atoms. The molecular formula is C18H19N5O3. The molecule has 3 rings (SSSR count). The number of hydrogen-bond acceptors (Lipinski definition) is 5. The molecule has 1 aromatic heterocycles. The van der Waals surface area contributed by atoms with Crippen molar-refractivity contribution in [1.29, 1.82) is 0 Å². The lowest BCUT2D eigenvalue weighted by Crippen LogP contribution is -2.22. The van der Waals surface area contributed by atoms with Crippen LogP contribution in [0.3, 0.4) is 0 Å². The molecule has 3 aromatic rings. The molecule has 0 saturated heterocycles. The van der Waals surface area contributed by atoms with Crippen LogP contribution < -0.4 is 10.6 Å². The number of nitrogens with zero attached hydrogens (tertiary/aromatic N) is 3. The highest BCUT2D eigenvalue weighted by molar-refractivity contribution is 5.97. The molecule has 0 radical (unpaired) electrons. The standard InChI is InChI=1S/C18H19N5O3/c1-3-23-16-9-6-13(10-15(16)21-22-23)17(24)19-11-12-4-7-14(8-5-12)20-18(25)26-2/h4-10H,3,11H2,1-2H3,(H,19,24)(H,20,25). The first-order valence-corrected chi connectivity index (χ1v) is 8.16. The molecule has 134 valence electrons. The largest absolute Gasteiger partial charge is 0.453 e. The van der Waals surface area contributed by atoms with E-state index in [-0.39, 0.29) is 5.91 Å². The van der Waals surface area contributed by atoms with Gasteiger partial charge in [0.15, 0.2) is 0 Å². The summed E-state index contributed by atoms with van der Waals surface area (Å²) in [4.78, 5) is 23.5. The van der Waals surface area contributed by atoms with Crippen molar-refractivity contribution in [2.75, 3.05) is 12.4 Å². The second-order valence-corrected chi connectivity index (χ2v) is 5.60. The fraction of sp³-hybridized carbons (Fsp3) is 0.222. The van der Waals surface area contributed by atoms with Gasteiger partial charge in [0.05, 0.1) is 12.6 Å². The number of anilines is 1. The number of hydrogen-bond donors (Lipinski definition) is 2. The minimum atomic E-state index is -0.526. The van der Waals surface area contributed by atoms with Crippen LogP contribution in [-0.4, -0.2) is 34.1 Å². The Morgan fingerprint density at radius 1 is 1.15 bits per heavy atom. The minimum absolute atomic E-state index is 0.185. The lowest BCUT2D eigenvalue weighted by atomic mass is 10.1. The first-order chi connectivity index (χ1) is 12.6. The van der Waals surface area contributed by atoms with Gasteiger partial charge in [0, 0.05) is 24.3 Å². The summed E-state index contributed by atoms with van der Waals surface area (Å²) in [6.45, 7) is 3.08. The quantitative estimate of drug-likeness (QED) is 0.734. The zero-order valence-corrected chi connectivity index (χ0v) is 14.5. The van der Waals surface area contributed by atoms with Crippen LogP contribution in [-0.2, 0) is 17.8 Å². The van der Waals surface area contributed by atoms with Gasteiger partial charge in [-0.2, -0.15) is 0 Å². The Balaban J connectivity index is 1.62. The predicted molar refractivity (Wildman–Crippen MR) is 96.8 cm³/mol. The Kier molecular flexibility index (Phi) is 5.12. The number of nitrogens with one attached hydrogen (secondary N) is 2. The average molecular weight is 353 g/mol. The number of fused-ring (bicyclic) bond motifs is 1. The van der Waals surface area contributed by atoms with Crippen molar-refractivity contribution >= 4 is 28.7 Å². The normalized spacial score (nSPS) is 10.5. The molecule has 2 aromatic carbocycles. The van der Waals surface area contributed by atoms with Crippen molar-refractivity contribution < 1.29 is 14.3 Å². The van der Waals surface area contributed by atoms with E-state index in [4.69, 9.17) is 0 Å². The number of rotatable bonds is 5. The SMILES string of the molecule is CCn1nnc2cc(C(=O)NCc3ccc(NC(=O)OC)cc3)ccc21. The Morgan fingerprint density at radius 2 is 1.92 bits per heavy atom. The van der Waals surface area contributed by atoms with Crippen LogP contribution in [0.5, 0.6) is 0 Å². The molecule has 0 saturated carbocycles. The molecule has 0 unspecified atom stereocenters. The van der Waals surface area contributed by atoms with Gasteiger partial charge in [-0.1, -0.05) is 17.3 Å². The van der Waals surface area contributed by atoms with Crippen molar-refractivity contribution in [2.24, 2.45) is 0 Å². The Morgan fingerprint density at radius 3 is 2.62 bits per heavy atom. The molecule has 0 aliphatic carbocycles. The summed E-state index contributed by atoms with van der Waals surface area (Å²) < 4.78 is 6.31. The number of ether oxygens (including phenoxy) is 1. The molecule has 26 heavy (non-hydrogen) atoms. The fourth-order valence-corrected chi connectivity index (χ4v) is 2.51. The molecule has 2 amide bonds. The average Bonchev–Trinajstić information content (AvgIpc) is 3.09. The van der Waals surface area contributed by atoms with Gasteiger partial charge in [-0.15, -0.1) is 5.10 Å². The van der Waals surface area contributed by atoms with Gasteiger partial charge in [-0.3, -0.25) is 10.1 Å². The molecule has 8 heteroatoms. The summed E-state index contributed by atoms with van der Waals surface area (Å²) in [7, 11) is 1.30. The molecule has 0 fully saturated rings. The number of carbonyl (C=O) groups is 2. The van der Waals surface area contributed by atoms with Crippen LogP contribution in [0, 0.1) is 0 Å². The second kappa shape index (κ2) is 7.64. The van der Waals surface area contributed by atoms with Crippen molar-refractivity contribution in [2.45, 2.75) is 20.0 Å². The van der Waals surface area contributed by atoms with E-state index in [0.29, 0.717) is 23.3 Å². The summed E-state index contributed by atoms with van der Waals surface area (Å²) in [6.07, 6.45) is -0.526. The predicted octanol–water partition coefficient (Wildman–Crippen LogP) is 2.56. The van der Waals surface area contributed by atoms with Gasteiger partial charge in [-0.25, -0.2) is 9.48 Å². The zero-order valence-electron chi connectivity index (χ0n) is 14.5. The Bertz CT molecular complexity index is 934. The maximum Gasteiger partial charge on any atom is 0.411 e. The molecule has 2 N–H and O–H groups in total. The highest BCUT2D eigenvalue weighted by Crippen LogP contribution is 2.14. The zero-order chi connectivity index (χ0) is 18.5. The van der Waals surface area contributed by atoms with Gasteiger partial charge in [-0.05, 0) is 42.8 Å². The van der Waals surface area contributed by atoms with E-state index in [1.165, 1.54) is 7.11 Å². The summed E-state index contributed by atoms with van der Waals surface area (Å²) >= 11 is 0. The maximum atomic E-state index is 12.3. The highest BCUT2D eigenvalue weighted by Gasteiger charge is 2.10. The van der Waals surface area contributed by atoms with Crippen LogP contribution >= 0.6 is 0 Å². The number of aryl methyl sites for hydroxylation is 1. The van der Waals surface area contributed by atoms with Crippen molar-refractivity contribution in [3.05, 3.63) is 53.6 Å². The lowest BCUT2D eigenvalue weighted by Gasteiger charge is -2.07. The van der Waals surface area contributed by atoms with Gasteiger partial charge < -0.3 is 10.1 Å². The minimum Gasteiger partial charge on any atom is -0.453 e. The summed E-state index contributed by atoms with van der Waals surface area (Å²) in [6, 6.07) is 12.5. The van der Waals surface area contributed by atoms with Crippen LogP contribution in [0.1, 0.15) is 22.8 Å². The van der Waals surface area contributed by atoms with Gasteiger partial charge in [0.1, 0.15) is 5.52 Å². The molecule has 0 atom stereocenters. The van der Waals surface area contributed by atoms with E-state index in [9.17, 15) is 9.59 Å². The fourth-order valence-electron chi connectivity index (χ4n) is 2.51. The molecule has 1 heterocycles. The monoisotopic (exact) mass is 353 g/mol. The van der Waals surface area contributed by atoms with E-state index in [1.54, 1.807) is 28.9 Å². The van der Waals surface area contributed by atoms with E-state index < -0.39 is 6.09 Å². The van der Waals surface area contributed by atoms with E-state index in [0.717, 1.165) is 17.6 Å². The van der Waals surface area contributed by atoms with Crippen molar-refractivity contribution in [1.82, 2.24) is 20.3 Å². The lowest BCUT2D eigenvalue weighted by molar-refractivity contribution is 0.0951. The van der Waals surface area contributed by atoms with E-state index in [1.807, 2.05) is 25.1 Å². The summed E-state index contributed by atoms with van der Waals surface area (Å²) in [5, 5.41) is 13.6. The molecule has 0 bridgehead atoms. The second-order valence-electron chi connectivity index (χ2n) is 5.60. The Hall–Kier alpha value is -3.42. The Labute approximate surface area is 150 Å². The van der Waals surface area contributed by atoms with Crippen molar-refractivity contribution in [3.8, 4) is 0 Å². The molecule has 0 aliphatic heterocycles. The van der Waals surface area contributed by atoms with E-state index >= 15 is 0 Å². The first kappa shape index (κ1) is 17.4. The first-order valence-electron chi connectivity index (χ1n) is 8.16. The number of amides is 2.